The number of halogens is 1. The van der Waals surface area contributed by atoms with Gasteiger partial charge in [-0.3, -0.25) is 33.6 Å². The molecule has 0 aliphatic carbocycles. The second-order valence-electron chi connectivity index (χ2n) is 16.7. The largest absolute Gasteiger partial charge is 1.00 e. The van der Waals surface area contributed by atoms with Crippen molar-refractivity contribution in [1.82, 2.24) is 61.8 Å². The number of amides is 6. The number of thiazole rings is 2. The highest BCUT2D eigenvalue weighted by Crippen LogP contribution is 2.26. The SMILES string of the molecule is Cc1c(N)nc([C@H](CC(N)=O)NC[C@H](N)C(=O)O)nc1C(=O)N[C@H](C(=O)N[C@H](C)[C@@H](O)[C@H](C)C(=O)N[C@H](C(=O)NCCc1nc(-c2nc(C(=O)NCCC[S+](C)C)cs2)cs1)[C@@H](C)O)[C@@H](O)c1cnc[nH]1.[I-]. The second-order valence-corrected chi connectivity index (χ2v) is 20.9. The summed E-state index contributed by atoms with van der Waals surface area (Å²) in [5, 5.41) is 62.6. The van der Waals surface area contributed by atoms with Crippen LogP contribution in [0.4, 0.5) is 5.82 Å². The van der Waals surface area contributed by atoms with Crippen LogP contribution in [0.5, 0.6) is 0 Å². The van der Waals surface area contributed by atoms with Gasteiger partial charge >= 0.3 is 5.97 Å². The van der Waals surface area contributed by atoms with Gasteiger partial charge in [0.15, 0.2) is 0 Å². The first-order chi connectivity index (χ1) is 33.5. The van der Waals surface area contributed by atoms with Crippen LogP contribution in [0.15, 0.2) is 23.3 Å². The van der Waals surface area contributed by atoms with E-state index in [-0.39, 0.29) is 65.9 Å². The summed E-state index contributed by atoms with van der Waals surface area (Å²) < 4.78 is 0. The monoisotopic (exact) mass is 1180 g/mol. The highest BCUT2D eigenvalue weighted by Gasteiger charge is 2.37. The molecule has 72 heavy (non-hydrogen) atoms. The Hall–Kier alpha value is -5.48. The Morgan fingerprint density at radius 2 is 1.57 bits per heavy atom. The zero-order valence-corrected chi connectivity index (χ0v) is 44.8. The van der Waals surface area contributed by atoms with E-state index in [4.69, 9.17) is 17.2 Å². The van der Waals surface area contributed by atoms with Gasteiger partial charge in [-0.05, 0) is 31.7 Å². The number of aromatic nitrogens is 6. The Bertz CT molecular complexity index is 2480. The van der Waals surface area contributed by atoms with Gasteiger partial charge in [0.1, 0.15) is 63.7 Å². The van der Waals surface area contributed by atoms with E-state index in [2.05, 4.69) is 74.3 Å². The van der Waals surface area contributed by atoms with Crippen LogP contribution in [-0.2, 0) is 41.3 Å². The van der Waals surface area contributed by atoms with Crippen LogP contribution >= 0.6 is 22.7 Å². The number of primary amides is 1. The number of nitrogens with zero attached hydrogens (tertiary/aromatic N) is 5. The molecule has 4 rings (SSSR count). The fourth-order valence-corrected chi connectivity index (χ4v) is 8.94. The molecular formula is C42H62IN15O11S3. The molecule has 30 heteroatoms. The van der Waals surface area contributed by atoms with Crippen LogP contribution in [0.25, 0.3) is 10.7 Å². The van der Waals surface area contributed by atoms with Gasteiger partial charge < -0.3 is 98.5 Å². The third kappa shape index (κ3) is 17.6. The maximum atomic E-state index is 13.9. The normalized spacial score (nSPS) is 15.0. The van der Waals surface area contributed by atoms with Crippen molar-refractivity contribution >= 4 is 80.8 Å². The van der Waals surface area contributed by atoms with Crippen molar-refractivity contribution in [3.8, 4) is 10.7 Å². The number of hydrogen-bond donors (Lipinski definition) is 14. The molecule has 0 saturated heterocycles. The molecule has 0 saturated carbocycles. The van der Waals surface area contributed by atoms with E-state index < -0.39 is 102 Å². The topological polar surface area (TPSA) is 431 Å². The number of carbonyl (C=O) groups is 7. The molecule has 4 aromatic rings. The highest BCUT2D eigenvalue weighted by atomic mass is 127. The zero-order chi connectivity index (χ0) is 52.7. The number of imidazole rings is 1. The molecule has 17 N–H and O–H groups in total. The lowest BCUT2D eigenvalue weighted by Gasteiger charge is -2.30. The van der Waals surface area contributed by atoms with Crippen LogP contribution in [0.3, 0.4) is 0 Å². The number of aliphatic hydroxyl groups is 3. The Balaban J connectivity index is 0.0000137. The quantitative estimate of drug-likeness (QED) is 0.0143. The molecule has 6 amide bonds. The molecule has 0 spiro atoms. The van der Waals surface area contributed by atoms with Crippen molar-refractivity contribution in [1.29, 1.82) is 0 Å². The average molecular weight is 1180 g/mol. The maximum absolute atomic E-state index is 13.9. The van der Waals surface area contributed by atoms with E-state index >= 15 is 0 Å². The summed E-state index contributed by atoms with van der Waals surface area (Å²) in [6, 6.07) is -7.07. The summed E-state index contributed by atoms with van der Waals surface area (Å²) in [5.41, 5.74) is 17.6. The van der Waals surface area contributed by atoms with Crippen LogP contribution in [0.2, 0.25) is 0 Å². The Labute approximate surface area is 442 Å². The van der Waals surface area contributed by atoms with Gasteiger partial charge in [-0.2, -0.15) is 0 Å². The first kappa shape index (κ1) is 60.8. The minimum Gasteiger partial charge on any atom is -1.00 e. The first-order valence-electron chi connectivity index (χ1n) is 22.1. The molecule has 0 unspecified atom stereocenters. The fourth-order valence-electron chi connectivity index (χ4n) is 6.60. The van der Waals surface area contributed by atoms with Crippen LogP contribution in [-0.4, -0.2) is 166 Å². The van der Waals surface area contributed by atoms with Crippen molar-refractivity contribution in [2.24, 2.45) is 17.4 Å². The number of H-pyrrole nitrogens is 1. The van der Waals surface area contributed by atoms with E-state index in [0.717, 1.165) is 12.2 Å². The zero-order valence-electron chi connectivity index (χ0n) is 40.2. The van der Waals surface area contributed by atoms with Crippen molar-refractivity contribution in [3.05, 3.63) is 56.8 Å². The lowest BCUT2D eigenvalue weighted by atomic mass is 9.96. The first-order valence-corrected chi connectivity index (χ1v) is 26.0. The molecule has 0 aliphatic heterocycles. The van der Waals surface area contributed by atoms with Crippen LogP contribution < -0.4 is 73.1 Å². The van der Waals surface area contributed by atoms with Crippen LogP contribution in [0.1, 0.15) is 88.8 Å². The molecule has 9 atom stereocenters. The smallest absolute Gasteiger partial charge is 0.321 e. The number of nitrogen functional groups attached to an aromatic ring is 1. The van der Waals surface area contributed by atoms with E-state index in [1.807, 2.05) is 0 Å². The summed E-state index contributed by atoms with van der Waals surface area (Å²) in [5.74, 6) is -6.89. The van der Waals surface area contributed by atoms with Crippen LogP contribution in [0, 0.1) is 12.8 Å². The molecule has 396 valence electrons. The molecule has 26 nitrogen and oxygen atoms in total. The molecular weight excluding hydrogens is 1110 g/mol. The fraction of sp³-hybridized carbons (Fsp3) is 0.524. The Morgan fingerprint density at radius 1 is 0.861 bits per heavy atom. The molecule has 4 aromatic heterocycles. The minimum absolute atomic E-state index is 0. The lowest BCUT2D eigenvalue weighted by molar-refractivity contribution is -0.138. The molecule has 0 fully saturated rings. The summed E-state index contributed by atoms with van der Waals surface area (Å²) in [7, 11) is 0.293. The number of aromatic amines is 1. The van der Waals surface area contributed by atoms with E-state index in [9.17, 15) is 54.0 Å². The standard InChI is InChI=1S/C42H61N15O11S3.HI/c1-18-29(54-35(57-34(18)45)23(12-27(44)59)49-13-22(43)42(67)68)39(65)56-31(33(61)24-14-46-17-50-24)40(66)51-20(3)32(60)19(2)36(62)55-30(21(4)58)38(64)48-10-8-28-52-26(16-69-28)41-53-25(15-70-41)37(63)47-9-7-11-71(5)6;/h14-17,19-23,30-33,49,58,60-61H,7-13,43H2,1-6H3,(H10-,44,45,46,47,48,50,51,54,55,56,57,59,62,63,64,65,66,67,68);1H/t19-,20+,21+,22-,23-,30-,31-,32-,33-;/m0./s1. The number of hydrogen-bond acceptors (Lipinski definition) is 20. The summed E-state index contributed by atoms with van der Waals surface area (Å²) in [6.07, 6.45) is 2.61. The summed E-state index contributed by atoms with van der Waals surface area (Å²) in [4.78, 5) is 114. The van der Waals surface area contributed by atoms with E-state index in [0.29, 0.717) is 45.3 Å². The second kappa shape index (κ2) is 28.7. The maximum Gasteiger partial charge on any atom is 0.321 e. The number of nitrogens with two attached hydrogens (primary N) is 3. The summed E-state index contributed by atoms with van der Waals surface area (Å²) in [6.45, 7) is 5.63. The van der Waals surface area contributed by atoms with Gasteiger partial charge in [-0.25, -0.2) is 24.9 Å². The number of anilines is 1. The van der Waals surface area contributed by atoms with Crippen molar-refractivity contribution < 1.29 is 78.0 Å². The highest BCUT2D eigenvalue weighted by molar-refractivity contribution is 7.95. The van der Waals surface area contributed by atoms with Gasteiger partial charge in [0.25, 0.3) is 11.8 Å². The number of carbonyl (C=O) groups excluding carboxylic acids is 6. The van der Waals surface area contributed by atoms with E-state index in [1.165, 1.54) is 62.9 Å². The lowest BCUT2D eigenvalue weighted by Crippen LogP contribution is -3.00. The molecule has 0 aliphatic rings. The number of carboxylic acids is 1. The molecule has 0 aromatic carbocycles. The van der Waals surface area contributed by atoms with Crippen molar-refractivity contribution in [2.45, 2.75) is 95.5 Å². The number of aliphatic hydroxyl groups excluding tert-OH is 3. The third-order valence-electron chi connectivity index (χ3n) is 10.8. The number of carboxylic acid groups (broad SMARTS) is 1. The van der Waals surface area contributed by atoms with Gasteiger partial charge in [-0.15, -0.1) is 22.7 Å². The molecule has 4 heterocycles. The van der Waals surface area contributed by atoms with Crippen molar-refractivity contribution in [2.75, 3.05) is 43.6 Å². The number of nitrogens with one attached hydrogen (secondary N) is 7. The van der Waals surface area contributed by atoms with Gasteiger partial charge in [0, 0.05) is 55.2 Å². The summed E-state index contributed by atoms with van der Waals surface area (Å²) >= 11 is 2.61. The average Bonchev–Trinajstić information content (AvgIpc) is 4.13. The number of aliphatic carboxylic acids is 1. The van der Waals surface area contributed by atoms with E-state index in [1.54, 1.807) is 10.8 Å². The Morgan fingerprint density at radius 3 is 2.19 bits per heavy atom. The number of rotatable bonds is 28. The van der Waals surface area contributed by atoms with Gasteiger partial charge in [0.2, 0.25) is 23.6 Å². The minimum atomic E-state index is -1.82. The van der Waals surface area contributed by atoms with Gasteiger partial charge in [0.05, 0.1) is 65.9 Å². The van der Waals surface area contributed by atoms with Crippen molar-refractivity contribution in [3.63, 3.8) is 0 Å². The van der Waals surface area contributed by atoms with Gasteiger partial charge in [-0.1, -0.05) is 6.92 Å². The molecule has 0 bridgehead atoms. The predicted molar refractivity (Wildman–Crippen MR) is 264 cm³/mol. The molecule has 0 radical (unpaired) electrons. The third-order valence-corrected chi connectivity index (χ3v) is 13.7. The Kier molecular flexibility index (Phi) is 24.2. The predicted octanol–water partition coefficient (Wildman–Crippen LogP) is -5.85.